The zero-order valence-electron chi connectivity index (χ0n) is 12.9. The summed E-state index contributed by atoms with van der Waals surface area (Å²) in [5.41, 5.74) is 6.49. The van der Waals surface area contributed by atoms with Crippen molar-refractivity contribution in [2.24, 2.45) is 5.73 Å². The van der Waals surface area contributed by atoms with E-state index in [9.17, 15) is 15.0 Å². The van der Waals surface area contributed by atoms with E-state index in [1.807, 2.05) is 30.3 Å². The van der Waals surface area contributed by atoms with Crippen molar-refractivity contribution in [3.8, 4) is 0 Å². The van der Waals surface area contributed by atoms with Crippen molar-refractivity contribution in [2.75, 3.05) is 6.54 Å². The fourth-order valence-electron chi connectivity index (χ4n) is 2.78. The molecule has 0 unspecified atom stereocenters. The number of imidazole rings is 1. The molecule has 1 aromatic heterocycles. The van der Waals surface area contributed by atoms with Crippen LogP contribution in [0.5, 0.6) is 0 Å². The van der Waals surface area contributed by atoms with Crippen LogP contribution in [0.1, 0.15) is 22.3 Å². The Morgan fingerprint density at radius 2 is 2.04 bits per heavy atom. The lowest BCUT2D eigenvalue weighted by Crippen LogP contribution is -2.37. The summed E-state index contributed by atoms with van der Waals surface area (Å²) in [6.45, 7) is 0.968. The number of aliphatic hydroxyl groups excluding tert-OH is 2. The van der Waals surface area contributed by atoms with Crippen molar-refractivity contribution in [3.63, 3.8) is 0 Å². The van der Waals surface area contributed by atoms with Crippen molar-refractivity contribution in [2.45, 2.75) is 31.1 Å². The molecular formula is C16H20N4O4. The molecule has 2 aromatic rings. The number of nitrogens with zero attached hydrogens (tertiary/aromatic N) is 2. The number of carbonyl (C=O) groups is 1. The SMILES string of the molecule is NC(=O)c1cncn1[C@@H]1O[C@H](CNCc2ccccc2)[C@@H](O)[C@H]1O. The number of ether oxygens (including phenoxy) is 1. The Labute approximate surface area is 138 Å². The standard InChI is InChI=1S/C16H20N4O4/c17-15(23)11-7-19-9-20(11)16-14(22)13(21)12(24-16)8-18-6-10-4-2-1-3-5-10/h1-5,7,9,12-14,16,18,21-22H,6,8H2,(H2,17,23)/t12-,13-,14-,16-/m1/s1. The Kier molecular flexibility index (Phi) is 4.91. The molecule has 1 aliphatic rings. The molecule has 0 bridgehead atoms. The van der Waals surface area contributed by atoms with Gasteiger partial charge in [-0.25, -0.2) is 4.98 Å². The summed E-state index contributed by atoms with van der Waals surface area (Å²) in [5, 5.41) is 23.6. The van der Waals surface area contributed by atoms with Crippen molar-refractivity contribution >= 4 is 5.91 Å². The first-order chi connectivity index (χ1) is 11.6. The maximum Gasteiger partial charge on any atom is 0.267 e. The highest BCUT2D eigenvalue weighted by molar-refractivity contribution is 5.90. The lowest BCUT2D eigenvalue weighted by Gasteiger charge is -2.17. The minimum Gasteiger partial charge on any atom is -0.387 e. The summed E-state index contributed by atoms with van der Waals surface area (Å²) in [5.74, 6) is -0.677. The van der Waals surface area contributed by atoms with Gasteiger partial charge in [0.25, 0.3) is 5.91 Å². The van der Waals surface area contributed by atoms with Crippen LogP contribution in [0.4, 0.5) is 0 Å². The van der Waals surface area contributed by atoms with Gasteiger partial charge >= 0.3 is 0 Å². The van der Waals surface area contributed by atoms with E-state index in [0.717, 1.165) is 5.56 Å². The number of aliphatic hydroxyl groups is 2. The predicted octanol–water partition coefficient (Wildman–Crippen LogP) is -0.609. The normalized spacial score (nSPS) is 26.6. The zero-order chi connectivity index (χ0) is 17.1. The molecule has 24 heavy (non-hydrogen) atoms. The molecule has 8 nitrogen and oxygen atoms in total. The fourth-order valence-corrected chi connectivity index (χ4v) is 2.78. The van der Waals surface area contributed by atoms with Gasteiger partial charge in [0, 0.05) is 13.1 Å². The summed E-state index contributed by atoms with van der Waals surface area (Å²) < 4.78 is 7.05. The van der Waals surface area contributed by atoms with Gasteiger partial charge in [0.2, 0.25) is 0 Å². The molecule has 4 atom stereocenters. The molecule has 3 rings (SSSR count). The van der Waals surface area contributed by atoms with Crippen LogP contribution in [0.25, 0.3) is 0 Å². The lowest BCUT2D eigenvalue weighted by molar-refractivity contribution is -0.0372. The first-order valence-electron chi connectivity index (χ1n) is 7.66. The molecule has 0 spiro atoms. The minimum absolute atomic E-state index is 0.115. The highest BCUT2D eigenvalue weighted by Crippen LogP contribution is 2.30. The third-order valence-corrected chi connectivity index (χ3v) is 4.05. The second-order valence-electron chi connectivity index (χ2n) is 5.71. The van der Waals surface area contributed by atoms with Crippen LogP contribution in [0, 0.1) is 0 Å². The quantitative estimate of drug-likeness (QED) is 0.560. The Hall–Kier alpha value is -2.26. The number of amides is 1. The van der Waals surface area contributed by atoms with E-state index in [2.05, 4.69) is 10.3 Å². The number of hydrogen-bond acceptors (Lipinski definition) is 6. The Morgan fingerprint density at radius 1 is 1.29 bits per heavy atom. The molecule has 1 saturated heterocycles. The molecule has 0 saturated carbocycles. The monoisotopic (exact) mass is 332 g/mol. The second kappa shape index (κ2) is 7.10. The summed E-state index contributed by atoms with van der Waals surface area (Å²) >= 11 is 0. The van der Waals surface area contributed by atoms with Crippen LogP contribution in [-0.2, 0) is 11.3 Å². The molecule has 2 heterocycles. The molecule has 1 amide bonds. The van der Waals surface area contributed by atoms with Crippen molar-refractivity contribution in [1.29, 1.82) is 0 Å². The van der Waals surface area contributed by atoms with E-state index in [-0.39, 0.29) is 5.69 Å². The van der Waals surface area contributed by atoms with E-state index in [1.165, 1.54) is 17.1 Å². The number of hydrogen-bond donors (Lipinski definition) is 4. The van der Waals surface area contributed by atoms with Gasteiger partial charge in [-0.3, -0.25) is 9.36 Å². The topological polar surface area (TPSA) is 123 Å². The number of carbonyl (C=O) groups excluding carboxylic acids is 1. The van der Waals surface area contributed by atoms with Gasteiger partial charge in [-0.2, -0.15) is 0 Å². The van der Waals surface area contributed by atoms with Gasteiger partial charge in [-0.05, 0) is 5.56 Å². The first kappa shape index (κ1) is 16.6. The molecule has 5 N–H and O–H groups in total. The molecule has 0 aliphatic carbocycles. The van der Waals surface area contributed by atoms with Crippen LogP contribution in [0.2, 0.25) is 0 Å². The molecule has 1 aromatic carbocycles. The summed E-state index contributed by atoms with van der Waals surface area (Å²) in [6, 6.07) is 9.81. The summed E-state index contributed by atoms with van der Waals surface area (Å²) in [6.07, 6.45) is -1.14. The van der Waals surface area contributed by atoms with Gasteiger partial charge < -0.3 is 26.0 Å². The number of primary amides is 1. The van der Waals surface area contributed by atoms with E-state index in [4.69, 9.17) is 10.5 Å². The van der Waals surface area contributed by atoms with Crippen LogP contribution in [0.15, 0.2) is 42.9 Å². The summed E-state index contributed by atoms with van der Waals surface area (Å²) in [7, 11) is 0. The van der Waals surface area contributed by atoms with Crippen molar-refractivity contribution in [3.05, 3.63) is 54.1 Å². The van der Waals surface area contributed by atoms with E-state index in [1.54, 1.807) is 0 Å². The van der Waals surface area contributed by atoms with E-state index >= 15 is 0 Å². The Bertz CT molecular complexity index is 690. The fraction of sp³-hybridized carbons (Fsp3) is 0.375. The Morgan fingerprint density at radius 3 is 2.75 bits per heavy atom. The Balaban J connectivity index is 1.62. The van der Waals surface area contributed by atoms with Crippen LogP contribution < -0.4 is 11.1 Å². The zero-order valence-corrected chi connectivity index (χ0v) is 12.9. The smallest absolute Gasteiger partial charge is 0.267 e. The highest BCUT2D eigenvalue weighted by atomic mass is 16.6. The lowest BCUT2D eigenvalue weighted by atomic mass is 10.1. The highest BCUT2D eigenvalue weighted by Gasteiger charge is 2.44. The number of rotatable bonds is 6. The third kappa shape index (κ3) is 3.31. The van der Waals surface area contributed by atoms with Crippen molar-refractivity contribution < 1.29 is 19.7 Å². The number of nitrogens with two attached hydrogens (primary N) is 1. The van der Waals surface area contributed by atoms with Crippen LogP contribution in [-0.4, -0.2) is 50.5 Å². The van der Waals surface area contributed by atoms with E-state index < -0.39 is 30.4 Å². The largest absolute Gasteiger partial charge is 0.387 e. The molecule has 0 radical (unpaired) electrons. The van der Waals surface area contributed by atoms with Gasteiger partial charge in [0.15, 0.2) is 6.23 Å². The molecule has 8 heteroatoms. The van der Waals surface area contributed by atoms with Gasteiger partial charge in [-0.15, -0.1) is 0 Å². The average Bonchev–Trinajstić information content (AvgIpc) is 3.16. The van der Waals surface area contributed by atoms with Crippen LogP contribution in [0.3, 0.4) is 0 Å². The maximum absolute atomic E-state index is 11.4. The van der Waals surface area contributed by atoms with E-state index in [0.29, 0.717) is 13.1 Å². The van der Waals surface area contributed by atoms with Crippen LogP contribution >= 0.6 is 0 Å². The van der Waals surface area contributed by atoms with Crippen molar-refractivity contribution in [1.82, 2.24) is 14.9 Å². The average molecular weight is 332 g/mol. The molecule has 128 valence electrons. The number of benzene rings is 1. The number of nitrogens with one attached hydrogen (secondary N) is 1. The molecular weight excluding hydrogens is 312 g/mol. The predicted molar refractivity (Wildman–Crippen MR) is 84.8 cm³/mol. The first-order valence-corrected chi connectivity index (χ1v) is 7.66. The maximum atomic E-state index is 11.4. The molecule has 1 aliphatic heterocycles. The third-order valence-electron chi connectivity index (χ3n) is 4.05. The minimum atomic E-state index is -1.18. The van der Waals surface area contributed by atoms with Gasteiger partial charge in [0.05, 0.1) is 12.5 Å². The van der Waals surface area contributed by atoms with Gasteiger partial charge in [-0.1, -0.05) is 30.3 Å². The number of aromatic nitrogens is 2. The molecule has 1 fully saturated rings. The van der Waals surface area contributed by atoms with Gasteiger partial charge in [0.1, 0.15) is 24.0 Å². The summed E-state index contributed by atoms with van der Waals surface area (Å²) in [4.78, 5) is 15.2. The second-order valence-corrected chi connectivity index (χ2v) is 5.71.